The molecule has 152 valence electrons. The maximum absolute atomic E-state index is 13.2. The Morgan fingerprint density at radius 3 is 2.55 bits per heavy atom. The molecule has 6 nitrogen and oxygen atoms in total. The Hall–Kier alpha value is -3.02. The van der Waals surface area contributed by atoms with Gasteiger partial charge in [0.05, 0.1) is 19.3 Å². The summed E-state index contributed by atoms with van der Waals surface area (Å²) >= 11 is 0. The van der Waals surface area contributed by atoms with Gasteiger partial charge in [0.1, 0.15) is 0 Å². The second-order valence-electron chi connectivity index (χ2n) is 7.52. The molecule has 6 heteroatoms. The van der Waals surface area contributed by atoms with E-state index in [1.54, 1.807) is 0 Å². The number of hydrogen-bond acceptors (Lipinski definition) is 4. The van der Waals surface area contributed by atoms with Crippen molar-refractivity contribution in [1.29, 1.82) is 0 Å². The van der Waals surface area contributed by atoms with Gasteiger partial charge in [0, 0.05) is 32.0 Å². The number of nitrogens with one attached hydrogen (secondary N) is 1. The van der Waals surface area contributed by atoms with Crippen molar-refractivity contribution in [3.63, 3.8) is 0 Å². The van der Waals surface area contributed by atoms with Gasteiger partial charge in [0.25, 0.3) is 5.91 Å². The molecule has 2 aromatic carbocycles. The zero-order chi connectivity index (χ0) is 20.2. The molecule has 4 rings (SSSR count). The number of rotatable bonds is 4. The van der Waals surface area contributed by atoms with E-state index in [1.165, 1.54) is 6.92 Å². The molecule has 0 unspecified atom stereocenters. The molecule has 0 radical (unpaired) electrons. The Morgan fingerprint density at radius 2 is 1.79 bits per heavy atom. The third-order valence-corrected chi connectivity index (χ3v) is 5.41. The minimum atomic E-state index is -0.0693. The van der Waals surface area contributed by atoms with Crippen molar-refractivity contribution in [2.45, 2.75) is 38.8 Å². The standard InChI is InChI=1S/C23H26N2O4/c1-16(26)24-15-17-5-7-18(8-6-17)23(27)25-11-2-4-20(25)19-9-10-21-22(14-19)29-13-3-12-28-21/h5-10,14,20H,2-4,11-13,15H2,1H3,(H,24,26)/t20-/m1/s1. The molecule has 1 atom stereocenters. The number of carbonyl (C=O) groups is 2. The SMILES string of the molecule is CC(=O)NCc1ccc(C(=O)N2CCC[C@@H]2c2ccc3c(c2)OCCCO3)cc1. The highest BCUT2D eigenvalue weighted by Crippen LogP contribution is 2.38. The van der Waals surface area contributed by atoms with Crippen molar-refractivity contribution in [1.82, 2.24) is 10.2 Å². The third-order valence-electron chi connectivity index (χ3n) is 5.41. The monoisotopic (exact) mass is 394 g/mol. The first-order valence-corrected chi connectivity index (χ1v) is 10.2. The van der Waals surface area contributed by atoms with Crippen LogP contribution in [0.5, 0.6) is 11.5 Å². The van der Waals surface area contributed by atoms with E-state index in [0.29, 0.717) is 25.3 Å². The van der Waals surface area contributed by atoms with E-state index < -0.39 is 0 Å². The molecular formula is C23H26N2O4. The lowest BCUT2D eigenvalue weighted by Crippen LogP contribution is -2.30. The molecule has 2 aliphatic rings. The maximum Gasteiger partial charge on any atom is 0.254 e. The molecule has 0 aliphatic carbocycles. The molecular weight excluding hydrogens is 368 g/mol. The van der Waals surface area contributed by atoms with Gasteiger partial charge in [-0.2, -0.15) is 0 Å². The van der Waals surface area contributed by atoms with Gasteiger partial charge in [-0.25, -0.2) is 0 Å². The van der Waals surface area contributed by atoms with E-state index in [4.69, 9.17) is 9.47 Å². The smallest absolute Gasteiger partial charge is 0.254 e. The van der Waals surface area contributed by atoms with Crippen LogP contribution >= 0.6 is 0 Å². The molecule has 0 aromatic heterocycles. The molecule has 0 bridgehead atoms. The van der Waals surface area contributed by atoms with E-state index >= 15 is 0 Å². The largest absolute Gasteiger partial charge is 0.490 e. The first-order chi connectivity index (χ1) is 14.1. The van der Waals surface area contributed by atoms with Crippen LogP contribution in [0.15, 0.2) is 42.5 Å². The summed E-state index contributed by atoms with van der Waals surface area (Å²) < 4.78 is 11.5. The van der Waals surface area contributed by atoms with Gasteiger partial charge in [-0.1, -0.05) is 18.2 Å². The normalized spacial score (nSPS) is 18.2. The van der Waals surface area contributed by atoms with Gasteiger partial charge in [-0.15, -0.1) is 0 Å². The average molecular weight is 394 g/mol. The molecule has 1 N–H and O–H groups in total. The molecule has 0 saturated carbocycles. The number of ether oxygens (including phenoxy) is 2. The van der Waals surface area contributed by atoms with Crippen LogP contribution in [0.25, 0.3) is 0 Å². The van der Waals surface area contributed by atoms with Crippen LogP contribution < -0.4 is 14.8 Å². The summed E-state index contributed by atoms with van der Waals surface area (Å²) in [5.74, 6) is 1.50. The first kappa shape index (κ1) is 19.3. The van der Waals surface area contributed by atoms with Crippen LogP contribution in [0.3, 0.4) is 0 Å². The van der Waals surface area contributed by atoms with Gasteiger partial charge in [0.15, 0.2) is 11.5 Å². The van der Waals surface area contributed by atoms with Crippen LogP contribution in [-0.4, -0.2) is 36.5 Å². The summed E-state index contributed by atoms with van der Waals surface area (Å²) in [7, 11) is 0. The van der Waals surface area contributed by atoms with Crippen LogP contribution in [-0.2, 0) is 11.3 Å². The third kappa shape index (κ3) is 4.36. The van der Waals surface area contributed by atoms with Crippen LogP contribution in [0.2, 0.25) is 0 Å². The molecule has 29 heavy (non-hydrogen) atoms. The Kier molecular flexibility index (Phi) is 5.69. The zero-order valence-corrected chi connectivity index (χ0v) is 16.6. The molecule has 1 saturated heterocycles. The van der Waals surface area contributed by atoms with E-state index in [2.05, 4.69) is 5.32 Å². The average Bonchev–Trinajstić information content (AvgIpc) is 3.10. The minimum Gasteiger partial charge on any atom is -0.490 e. The predicted octanol–water partition coefficient (Wildman–Crippen LogP) is 3.46. The number of fused-ring (bicyclic) bond motifs is 1. The first-order valence-electron chi connectivity index (χ1n) is 10.2. The number of likely N-dealkylation sites (tertiary alicyclic amines) is 1. The fourth-order valence-electron chi connectivity index (χ4n) is 3.90. The summed E-state index contributed by atoms with van der Waals surface area (Å²) in [4.78, 5) is 26.2. The fourth-order valence-corrected chi connectivity index (χ4v) is 3.90. The second kappa shape index (κ2) is 8.55. The van der Waals surface area contributed by atoms with Crippen LogP contribution in [0.4, 0.5) is 0 Å². The van der Waals surface area contributed by atoms with Crippen LogP contribution in [0, 0.1) is 0 Å². The molecule has 2 aliphatic heterocycles. The Balaban J connectivity index is 1.50. The lowest BCUT2D eigenvalue weighted by Gasteiger charge is -2.26. The number of carbonyl (C=O) groups excluding carboxylic acids is 2. The van der Waals surface area contributed by atoms with Crippen molar-refractivity contribution >= 4 is 11.8 Å². The molecule has 0 spiro atoms. The zero-order valence-electron chi connectivity index (χ0n) is 16.6. The Bertz CT molecular complexity index is 894. The number of nitrogens with zero attached hydrogens (tertiary/aromatic N) is 1. The topological polar surface area (TPSA) is 67.9 Å². The van der Waals surface area contributed by atoms with Crippen molar-refractivity contribution in [2.75, 3.05) is 19.8 Å². The van der Waals surface area contributed by atoms with Crippen molar-refractivity contribution in [3.05, 3.63) is 59.2 Å². The van der Waals surface area contributed by atoms with Gasteiger partial charge in [-0.05, 0) is 48.2 Å². The van der Waals surface area contributed by atoms with Crippen molar-refractivity contribution < 1.29 is 19.1 Å². The summed E-state index contributed by atoms with van der Waals surface area (Å²) in [6.07, 6.45) is 2.79. The van der Waals surface area contributed by atoms with Gasteiger partial charge < -0.3 is 19.7 Å². The highest BCUT2D eigenvalue weighted by molar-refractivity contribution is 5.94. The van der Waals surface area contributed by atoms with E-state index in [-0.39, 0.29) is 17.9 Å². The van der Waals surface area contributed by atoms with E-state index in [9.17, 15) is 9.59 Å². The maximum atomic E-state index is 13.2. The molecule has 2 amide bonds. The van der Waals surface area contributed by atoms with Crippen molar-refractivity contribution in [2.24, 2.45) is 0 Å². The number of benzene rings is 2. The highest BCUT2D eigenvalue weighted by Gasteiger charge is 2.31. The lowest BCUT2D eigenvalue weighted by molar-refractivity contribution is -0.119. The predicted molar refractivity (Wildman–Crippen MR) is 109 cm³/mol. The molecule has 1 fully saturated rings. The Labute approximate surface area is 170 Å². The minimum absolute atomic E-state index is 0.0330. The summed E-state index contributed by atoms with van der Waals surface area (Å²) in [6.45, 7) is 4.01. The summed E-state index contributed by atoms with van der Waals surface area (Å²) in [5.41, 5.74) is 2.72. The van der Waals surface area contributed by atoms with Gasteiger partial charge in [0.2, 0.25) is 5.91 Å². The summed E-state index contributed by atoms with van der Waals surface area (Å²) in [5, 5.41) is 2.77. The van der Waals surface area contributed by atoms with E-state index in [1.807, 2.05) is 47.4 Å². The molecule has 2 heterocycles. The summed E-state index contributed by atoms with van der Waals surface area (Å²) in [6, 6.07) is 13.5. The van der Waals surface area contributed by atoms with Gasteiger partial charge in [-0.3, -0.25) is 9.59 Å². The quantitative estimate of drug-likeness (QED) is 0.862. The Morgan fingerprint density at radius 1 is 1.03 bits per heavy atom. The fraction of sp³-hybridized carbons (Fsp3) is 0.391. The lowest BCUT2D eigenvalue weighted by atomic mass is 10.0. The van der Waals surface area contributed by atoms with E-state index in [0.717, 1.165) is 48.4 Å². The number of amides is 2. The molecule has 2 aromatic rings. The number of hydrogen-bond donors (Lipinski definition) is 1. The highest BCUT2D eigenvalue weighted by atomic mass is 16.5. The second-order valence-corrected chi connectivity index (χ2v) is 7.52. The van der Waals surface area contributed by atoms with Crippen molar-refractivity contribution in [3.8, 4) is 11.5 Å². The van der Waals surface area contributed by atoms with Crippen LogP contribution in [0.1, 0.15) is 53.7 Å². The van der Waals surface area contributed by atoms with Gasteiger partial charge >= 0.3 is 0 Å².